The summed E-state index contributed by atoms with van der Waals surface area (Å²) in [6.45, 7) is 23.1. The van der Waals surface area contributed by atoms with E-state index in [-0.39, 0.29) is 22.3 Å². The highest BCUT2D eigenvalue weighted by atomic mass is 31.2. The first-order valence-corrected chi connectivity index (χ1v) is 25.3. The van der Waals surface area contributed by atoms with E-state index < -0.39 is 23.7 Å². The molecule has 2 aromatic heterocycles. The topological polar surface area (TPSA) is 83.7 Å². The highest BCUT2D eigenvalue weighted by molar-refractivity contribution is 7.87. The van der Waals surface area contributed by atoms with Crippen LogP contribution in [0.15, 0.2) is 114 Å². The quantitative estimate of drug-likeness (QED) is 0.105. The van der Waals surface area contributed by atoms with Crippen molar-refractivity contribution in [2.75, 3.05) is 6.61 Å². The van der Waals surface area contributed by atoms with Crippen molar-refractivity contribution in [1.82, 2.24) is 19.5 Å². The Balaban J connectivity index is 1.47. The average Bonchev–Trinajstić information content (AvgIpc) is 3.70. The van der Waals surface area contributed by atoms with E-state index in [1.165, 1.54) is 0 Å². The number of hydrogen-bond acceptors (Lipinski definition) is 7. The Morgan fingerprint density at radius 3 is 1.73 bits per heavy atom. The van der Waals surface area contributed by atoms with E-state index in [9.17, 15) is 0 Å². The Kier molecular flexibility index (Phi) is 10.2. The molecule has 0 bridgehead atoms. The smallest absolute Gasteiger partial charge is 0.199 e. The molecule has 0 fully saturated rings. The SMILES string of the molecule is CC(C)(C)[Si](C)(C)OC[C@H]1OC(n2cnc3c(N=P(c4ccccc4)(c4ccccc4)c4ccccc4)ncnc32)=C[C@@H]1O[Si](C)(C)C(C)(C)C. The van der Waals surface area contributed by atoms with Gasteiger partial charge in [-0.15, -0.1) is 0 Å². The fourth-order valence-electron chi connectivity index (χ4n) is 5.66. The fourth-order valence-corrected chi connectivity index (χ4v) is 11.4. The van der Waals surface area contributed by atoms with Gasteiger partial charge in [0.15, 0.2) is 45.6 Å². The minimum atomic E-state index is -2.58. The highest BCUT2D eigenvalue weighted by Crippen LogP contribution is 2.50. The van der Waals surface area contributed by atoms with Crippen LogP contribution in [0, 0.1) is 0 Å². The van der Waals surface area contributed by atoms with Crippen molar-refractivity contribution in [2.45, 2.75) is 90.0 Å². The summed E-state index contributed by atoms with van der Waals surface area (Å²) in [4.78, 5) is 14.4. The van der Waals surface area contributed by atoms with Crippen molar-refractivity contribution in [1.29, 1.82) is 0 Å². The monoisotopic (exact) mass is 737 g/mol. The maximum atomic E-state index is 7.00. The van der Waals surface area contributed by atoms with Gasteiger partial charge in [-0.3, -0.25) is 4.57 Å². The van der Waals surface area contributed by atoms with Crippen LogP contribution in [-0.2, 0) is 13.6 Å². The second-order valence-corrected chi connectivity index (χ2v) is 28.9. The van der Waals surface area contributed by atoms with Gasteiger partial charge in [-0.2, -0.15) is 0 Å². The van der Waals surface area contributed by atoms with Crippen molar-refractivity contribution in [3.8, 4) is 0 Å². The van der Waals surface area contributed by atoms with Crippen molar-refractivity contribution >= 4 is 62.5 Å². The molecule has 0 saturated heterocycles. The molecular weight excluding hydrogens is 686 g/mol. The maximum absolute atomic E-state index is 7.00. The van der Waals surface area contributed by atoms with Crippen molar-refractivity contribution in [3.63, 3.8) is 0 Å². The largest absolute Gasteiger partial charge is 0.470 e. The maximum Gasteiger partial charge on any atom is 0.199 e. The number of fused-ring (bicyclic) bond motifs is 1. The molecule has 0 saturated carbocycles. The van der Waals surface area contributed by atoms with Crippen LogP contribution in [0.25, 0.3) is 17.0 Å². The van der Waals surface area contributed by atoms with E-state index >= 15 is 0 Å². The molecule has 2 atom stereocenters. The molecule has 3 heterocycles. The van der Waals surface area contributed by atoms with Crippen LogP contribution < -0.4 is 15.9 Å². The zero-order valence-electron chi connectivity index (χ0n) is 31.7. The van der Waals surface area contributed by atoms with Gasteiger partial charge >= 0.3 is 0 Å². The van der Waals surface area contributed by atoms with E-state index in [4.69, 9.17) is 33.3 Å². The molecule has 1 aliphatic rings. The summed E-state index contributed by atoms with van der Waals surface area (Å²) in [5.41, 5.74) is 1.23. The van der Waals surface area contributed by atoms with E-state index in [2.05, 4.69) is 147 Å². The van der Waals surface area contributed by atoms with Crippen molar-refractivity contribution < 1.29 is 13.6 Å². The standard InChI is InChI=1S/C40H52N5O3PSi2/c1-39(2,3)50(7,8)46-27-34-33(48-51(9,10)40(4,5)6)26-35(47-34)45-29-43-36-37(41-28-42-38(36)45)44-49(30-20-14-11-15-21-30,31-22-16-12-17-23-31)32-24-18-13-19-25-32/h11-26,28-29,33-34H,27H2,1-10H3/t33-,34+/m0/s1. The summed E-state index contributed by atoms with van der Waals surface area (Å²) in [6.07, 6.45) is 4.83. The fraction of sp³-hybridized carbons (Fsp3) is 0.375. The molecule has 0 radical (unpaired) electrons. The minimum Gasteiger partial charge on any atom is -0.470 e. The van der Waals surface area contributed by atoms with Gasteiger partial charge in [0.25, 0.3) is 0 Å². The van der Waals surface area contributed by atoms with E-state index in [1.54, 1.807) is 12.7 Å². The second-order valence-electron chi connectivity index (χ2n) is 16.3. The van der Waals surface area contributed by atoms with Crippen LogP contribution in [0.3, 0.4) is 0 Å². The van der Waals surface area contributed by atoms with Gasteiger partial charge in [0.2, 0.25) is 0 Å². The van der Waals surface area contributed by atoms with Gasteiger partial charge in [0.1, 0.15) is 18.8 Å². The molecule has 6 rings (SSSR count). The van der Waals surface area contributed by atoms with Crippen LogP contribution in [-0.4, -0.2) is 55.0 Å². The molecule has 5 aromatic rings. The lowest BCUT2D eigenvalue weighted by Crippen LogP contribution is -2.48. The number of ether oxygens (including phenoxy) is 1. The average molecular weight is 738 g/mol. The minimum absolute atomic E-state index is 0.0334. The van der Waals surface area contributed by atoms with Gasteiger partial charge in [-0.1, -0.05) is 133 Å². The molecule has 0 aliphatic carbocycles. The molecule has 1 aliphatic heterocycles. The molecule has 0 amide bonds. The van der Waals surface area contributed by atoms with Gasteiger partial charge < -0.3 is 13.6 Å². The summed E-state index contributed by atoms with van der Waals surface area (Å²) in [7, 11) is -6.78. The lowest BCUT2D eigenvalue weighted by molar-refractivity contribution is 0.0344. The normalized spacial score (nSPS) is 17.3. The molecule has 51 heavy (non-hydrogen) atoms. The van der Waals surface area contributed by atoms with Crippen LogP contribution in [0.5, 0.6) is 0 Å². The van der Waals surface area contributed by atoms with Crippen molar-refractivity contribution in [3.05, 3.63) is 110 Å². The van der Waals surface area contributed by atoms with Crippen molar-refractivity contribution in [2.24, 2.45) is 4.74 Å². The second kappa shape index (κ2) is 14.0. The summed E-state index contributed by atoms with van der Waals surface area (Å²) in [5, 5.41) is 3.50. The van der Waals surface area contributed by atoms with Gasteiger partial charge in [0.05, 0.1) is 13.7 Å². The molecule has 268 valence electrons. The first-order chi connectivity index (χ1) is 24.0. The first kappa shape index (κ1) is 37.1. The van der Waals surface area contributed by atoms with Crippen LogP contribution >= 0.6 is 7.05 Å². The van der Waals surface area contributed by atoms with Crippen LogP contribution in [0.1, 0.15) is 41.5 Å². The lowest BCUT2D eigenvalue weighted by Gasteiger charge is -2.40. The number of benzene rings is 3. The predicted molar refractivity (Wildman–Crippen MR) is 217 cm³/mol. The molecule has 8 nitrogen and oxygen atoms in total. The zero-order valence-corrected chi connectivity index (χ0v) is 34.6. The Hall–Kier alpha value is -3.67. The van der Waals surface area contributed by atoms with Gasteiger partial charge in [-0.05, 0) is 36.3 Å². The summed E-state index contributed by atoms with van der Waals surface area (Å²) < 4.78 is 28.0. The zero-order chi connectivity index (χ0) is 36.7. The number of nitrogens with zero attached hydrogens (tertiary/aromatic N) is 5. The summed E-state index contributed by atoms with van der Waals surface area (Å²) in [5.74, 6) is 1.17. The lowest BCUT2D eigenvalue weighted by atomic mass is 10.2. The van der Waals surface area contributed by atoms with Gasteiger partial charge in [-0.25, -0.2) is 19.7 Å². The van der Waals surface area contributed by atoms with Gasteiger partial charge in [0, 0.05) is 22.0 Å². The molecule has 0 spiro atoms. The molecule has 3 aromatic carbocycles. The Labute approximate surface area is 305 Å². The number of rotatable bonds is 10. The van der Waals surface area contributed by atoms with Crippen LogP contribution in [0.4, 0.5) is 5.82 Å². The molecule has 11 heteroatoms. The Morgan fingerprint density at radius 1 is 0.725 bits per heavy atom. The van der Waals surface area contributed by atoms with E-state index in [0.717, 1.165) is 15.9 Å². The Bertz CT molecular complexity index is 1950. The predicted octanol–water partition coefficient (Wildman–Crippen LogP) is 9.24. The third-order valence-electron chi connectivity index (χ3n) is 10.8. The number of hydrogen-bond donors (Lipinski definition) is 0. The number of imidazole rings is 1. The molecule has 0 unspecified atom stereocenters. The van der Waals surface area contributed by atoms with Crippen LogP contribution in [0.2, 0.25) is 36.3 Å². The summed E-state index contributed by atoms with van der Waals surface area (Å²) >= 11 is 0. The third-order valence-corrected chi connectivity index (χ3v) is 23.4. The summed E-state index contributed by atoms with van der Waals surface area (Å²) in [6, 6.07) is 31.6. The van der Waals surface area contributed by atoms with E-state index in [1.807, 2.05) is 22.8 Å². The van der Waals surface area contributed by atoms with E-state index in [0.29, 0.717) is 29.5 Å². The first-order valence-electron chi connectivity index (χ1n) is 17.7. The highest BCUT2D eigenvalue weighted by Gasteiger charge is 2.45. The Morgan fingerprint density at radius 2 is 1.24 bits per heavy atom. The third kappa shape index (κ3) is 7.35. The number of aromatic nitrogens is 4. The molecule has 0 N–H and O–H groups in total. The molecular formula is C40H52N5O3PSi2.